The summed E-state index contributed by atoms with van der Waals surface area (Å²) in [6.45, 7) is 4.34. The fourth-order valence-corrected chi connectivity index (χ4v) is 5.69. The average molecular weight is 519 g/mol. The zero-order valence-corrected chi connectivity index (χ0v) is 22.2. The van der Waals surface area contributed by atoms with Crippen molar-refractivity contribution < 1.29 is 14.7 Å². The molecule has 5 nitrogen and oxygen atoms in total. The third kappa shape index (κ3) is 6.27. The van der Waals surface area contributed by atoms with E-state index in [9.17, 15) is 14.7 Å². The minimum absolute atomic E-state index is 0.0469. The Hall–Kier alpha value is -4.22. The zero-order chi connectivity index (χ0) is 27.2. The molecule has 1 aliphatic heterocycles. The fraction of sp³-hybridized carbons (Fsp3) is 0.235. The number of nitrogens with one attached hydrogen (secondary N) is 1. The quantitative estimate of drug-likeness (QED) is 0.260. The number of benzene rings is 4. The lowest BCUT2D eigenvalue weighted by Gasteiger charge is -2.39. The Morgan fingerprint density at radius 2 is 1.72 bits per heavy atom. The maximum absolute atomic E-state index is 13.2. The van der Waals surface area contributed by atoms with E-state index in [1.807, 2.05) is 11.0 Å². The van der Waals surface area contributed by atoms with Crippen LogP contribution in [-0.4, -0.2) is 41.5 Å². The molecule has 5 rings (SSSR count). The van der Waals surface area contributed by atoms with Crippen LogP contribution in [0.3, 0.4) is 0 Å². The summed E-state index contributed by atoms with van der Waals surface area (Å²) in [4.78, 5) is 26.4. The van der Waals surface area contributed by atoms with Crippen LogP contribution in [0, 0.1) is 5.92 Å². The van der Waals surface area contributed by atoms with Crippen LogP contribution in [0.15, 0.2) is 103 Å². The zero-order valence-electron chi connectivity index (χ0n) is 22.2. The summed E-state index contributed by atoms with van der Waals surface area (Å²) in [5.41, 5.74) is 3.50. The highest BCUT2D eigenvalue weighted by molar-refractivity contribution is 5.93. The molecule has 1 aliphatic rings. The van der Waals surface area contributed by atoms with Crippen molar-refractivity contribution in [2.75, 3.05) is 19.6 Å². The molecule has 0 saturated carbocycles. The monoisotopic (exact) mass is 518 g/mol. The van der Waals surface area contributed by atoms with Crippen LogP contribution in [0.2, 0.25) is 0 Å². The van der Waals surface area contributed by atoms with Crippen LogP contribution in [0.25, 0.3) is 16.8 Å². The number of carboxylic acids is 1. The number of carbonyl (C=O) groups is 2. The van der Waals surface area contributed by atoms with Crippen LogP contribution < -0.4 is 5.32 Å². The predicted molar refractivity (Wildman–Crippen MR) is 157 cm³/mol. The molecule has 1 saturated heterocycles. The van der Waals surface area contributed by atoms with Crippen molar-refractivity contribution in [3.63, 3.8) is 0 Å². The van der Waals surface area contributed by atoms with E-state index in [2.05, 4.69) is 79.0 Å². The minimum atomic E-state index is -0.979. The molecule has 2 N–H and O–H groups in total. The van der Waals surface area contributed by atoms with Gasteiger partial charge in [-0.15, -0.1) is 0 Å². The summed E-state index contributed by atoms with van der Waals surface area (Å²) in [5.74, 6) is -0.410. The lowest BCUT2D eigenvalue weighted by molar-refractivity contribution is -0.128. The van der Waals surface area contributed by atoms with Crippen LogP contribution in [0.5, 0.6) is 0 Å². The molecule has 3 atom stereocenters. The van der Waals surface area contributed by atoms with Crippen molar-refractivity contribution in [3.05, 3.63) is 125 Å². The van der Waals surface area contributed by atoms with Crippen molar-refractivity contribution in [3.8, 4) is 0 Å². The minimum Gasteiger partial charge on any atom is -0.478 e. The Morgan fingerprint density at radius 1 is 0.974 bits per heavy atom. The van der Waals surface area contributed by atoms with Gasteiger partial charge in [0.15, 0.2) is 0 Å². The van der Waals surface area contributed by atoms with E-state index in [0.29, 0.717) is 24.6 Å². The highest BCUT2D eigenvalue weighted by Gasteiger charge is 2.32. The topological polar surface area (TPSA) is 69.6 Å². The third-order valence-electron chi connectivity index (χ3n) is 7.80. The molecule has 1 fully saturated rings. The number of hydrogen-bond donors (Lipinski definition) is 2. The molecule has 0 aliphatic carbocycles. The first kappa shape index (κ1) is 26.4. The molecule has 4 aromatic rings. The van der Waals surface area contributed by atoms with Crippen LogP contribution in [-0.2, 0) is 4.79 Å². The van der Waals surface area contributed by atoms with Gasteiger partial charge in [0.2, 0.25) is 5.91 Å². The maximum atomic E-state index is 13.2. The number of hydrogen-bond acceptors (Lipinski definition) is 3. The van der Waals surface area contributed by atoms with Crippen molar-refractivity contribution >= 4 is 28.7 Å². The molecule has 0 spiro atoms. The Balaban J connectivity index is 1.31. The van der Waals surface area contributed by atoms with E-state index in [0.717, 1.165) is 13.0 Å². The summed E-state index contributed by atoms with van der Waals surface area (Å²) in [6.07, 6.45) is 4.16. The summed E-state index contributed by atoms with van der Waals surface area (Å²) in [5, 5.41) is 15.5. The van der Waals surface area contributed by atoms with E-state index in [-0.39, 0.29) is 23.4 Å². The molecule has 0 aromatic heterocycles. The lowest BCUT2D eigenvalue weighted by Crippen LogP contribution is -2.46. The molecule has 4 aromatic carbocycles. The average Bonchev–Trinajstić information content (AvgIpc) is 2.98. The third-order valence-corrected chi connectivity index (χ3v) is 7.80. The van der Waals surface area contributed by atoms with Crippen LogP contribution in [0.4, 0.5) is 0 Å². The van der Waals surface area contributed by atoms with Gasteiger partial charge in [-0.25, -0.2) is 4.79 Å². The van der Waals surface area contributed by atoms with E-state index in [1.165, 1.54) is 21.9 Å². The smallest absolute Gasteiger partial charge is 0.335 e. The predicted octanol–water partition coefficient (Wildman–Crippen LogP) is 6.53. The summed E-state index contributed by atoms with van der Waals surface area (Å²) in [6, 6.07) is 32.3. The van der Waals surface area contributed by atoms with Crippen molar-refractivity contribution in [2.45, 2.75) is 25.3 Å². The molecule has 39 heavy (non-hydrogen) atoms. The molecule has 2 unspecified atom stereocenters. The Morgan fingerprint density at radius 3 is 2.54 bits per heavy atom. The number of carboxylic acid groups (broad SMARTS) is 1. The number of nitrogens with zero attached hydrogens (tertiary/aromatic N) is 1. The highest BCUT2D eigenvalue weighted by atomic mass is 16.4. The van der Waals surface area contributed by atoms with Crippen LogP contribution in [0.1, 0.15) is 52.4 Å². The van der Waals surface area contributed by atoms with E-state index in [1.54, 1.807) is 36.4 Å². The summed E-state index contributed by atoms with van der Waals surface area (Å²) < 4.78 is 0. The Bertz CT molecular complexity index is 1480. The second kappa shape index (κ2) is 12.1. The second-order valence-electron chi connectivity index (χ2n) is 10.3. The number of aromatic carboxylic acids is 1. The SMILES string of the molecule is C[C@@H](NCC1CN(C(=O)/C=C/c2cccc(C(=O)O)c2)CCC1c1ccccc1)c1cccc2ccccc12. The van der Waals surface area contributed by atoms with Crippen molar-refractivity contribution in [1.29, 1.82) is 0 Å². The molecule has 1 amide bonds. The second-order valence-corrected chi connectivity index (χ2v) is 10.3. The molecule has 0 bridgehead atoms. The number of amides is 1. The van der Waals surface area contributed by atoms with Gasteiger partial charge in [-0.1, -0.05) is 84.9 Å². The normalized spacial score (nSPS) is 18.3. The highest BCUT2D eigenvalue weighted by Crippen LogP contribution is 2.34. The number of piperidine rings is 1. The number of likely N-dealkylation sites (tertiary alicyclic amines) is 1. The van der Waals surface area contributed by atoms with E-state index in [4.69, 9.17) is 0 Å². The molecular weight excluding hydrogens is 484 g/mol. The van der Waals surface area contributed by atoms with Gasteiger partial charge in [0, 0.05) is 31.8 Å². The van der Waals surface area contributed by atoms with Gasteiger partial charge in [0.25, 0.3) is 0 Å². The van der Waals surface area contributed by atoms with Gasteiger partial charge >= 0.3 is 5.97 Å². The molecule has 0 radical (unpaired) electrons. The molecular formula is C34H34N2O3. The number of carbonyl (C=O) groups excluding carboxylic acids is 1. The Kier molecular flexibility index (Phi) is 8.18. The first-order valence-corrected chi connectivity index (χ1v) is 13.6. The summed E-state index contributed by atoms with van der Waals surface area (Å²) in [7, 11) is 0. The van der Waals surface area contributed by atoms with E-state index < -0.39 is 5.97 Å². The molecule has 1 heterocycles. The van der Waals surface area contributed by atoms with Gasteiger partial charge in [0.05, 0.1) is 5.56 Å². The molecule has 198 valence electrons. The van der Waals surface area contributed by atoms with Gasteiger partial charge in [0.1, 0.15) is 0 Å². The number of rotatable bonds is 8. The number of fused-ring (bicyclic) bond motifs is 1. The standard InChI is InChI=1S/C34H34N2O3/c1-24(30-16-8-13-27-12-5-6-15-32(27)30)35-22-29-23-36(20-19-31(29)26-10-3-2-4-11-26)33(37)18-17-25-9-7-14-28(21-25)34(38)39/h2-18,21,24,29,31,35H,19-20,22-23H2,1H3,(H,38,39)/b18-17+/t24-,29?,31?/m1/s1. The first-order valence-electron chi connectivity index (χ1n) is 13.6. The lowest BCUT2D eigenvalue weighted by atomic mass is 9.80. The van der Waals surface area contributed by atoms with Gasteiger partial charge in [-0.3, -0.25) is 4.79 Å². The summed E-state index contributed by atoms with van der Waals surface area (Å²) >= 11 is 0. The van der Waals surface area contributed by atoms with Gasteiger partial charge in [-0.2, -0.15) is 0 Å². The Labute approximate surface area is 229 Å². The molecule has 5 heteroatoms. The van der Waals surface area contributed by atoms with Gasteiger partial charge in [-0.05, 0) is 70.9 Å². The fourth-order valence-electron chi connectivity index (χ4n) is 5.69. The first-order chi connectivity index (χ1) is 19.0. The van der Waals surface area contributed by atoms with Crippen molar-refractivity contribution in [1.82, 2.24) is 10.2 Å². The largest absolute Gasteiger partial charge is 0.478 e. The van der Waals surface area contributed by atoms with Crippen LogP contribution >= 0.6 is 0 Å². The maximum Gasteiger partial charge on any atom is 0.335 e. The van der Waals surface area contributed by atoms with Crippen molar-refractivity contribution in [2.24, 2.45) is 5.92 Å². The van der Waals surface area contributed by atoms with Gasteiger partial charge < -0.3 is 15.3 Å². The van der Waals surface area contributed by atoms with E-state index >= 15 is 0 Å².